The minimum absolute atomic E-state index is 0.0857. The quantitative estimate of drug-likeness (QED) is 0.422. The van der Waals surface area contributed by atoms with Crippen molar-refractivity contribution in [2.24, 2.45) is 7.05 Å². The van der Waals surface area contributed by atoms with Gasteiger partial charge in [-0.3, -0.25) is 14.3 Å². The molecule has 0 bridgehead atoms. The summed E-state index contributed by atoms with van der Waals surface area (Å²) in [4.78, 5) is 25.3. The summed E-state index contributed by atoms with van der Waals surface area (Å²) in [5, 5.41) is 9.55. The first-order chi connectivity index (χ1) is 15.9. The third-order valence-electron chi connectivity index (χ3n) is 4.95. The predicted octanol–water partition coefficient (Wildman–Crippen LogP) is 3.98. The third kappa shape index (κ3) is 5.15. The molecule has 2 N–H and O–H groups in total. The predicted molar refractivity (Wildman–Crippen MR) is 120 cm³/mol. The molecule has 0 radical (unpaired) electrons. The largest absolute Gasteiger partial charge is 0.485 e. The molecule has 3 heterocycles. The Labute approximate surface area is 190 Å². The number of ether oxygens (including phenoxy) is 1. The van der Waals surface area contributed by atoms with Gasteiger partial charge in [-0.15, -0.1) is 0 Å². The number of carbonyl (C=O) groups excluding carboxylic acids is 2. The summed E-state index contributed by atoms with van der Waals surface area (Å²) in [6, 6.07) is 12.6. The second-order valence-electron chi connectivity index (χ2n) is 7.56. The van der Waals surface area contributed by atoms with Crippen LogP contribution in [0, 0.1) is 13.8 Å². The fraction of sp³-hybridized carbons (Fsp3) is 0.208. The maximum absolute atomic E-state index is 12.7. The van der Waals surface area contributed by atoms with Crippen LogP contribution in [0.1, 0.15) is 43.7 Å². The van der Waals surface area contributed by atoms with Crippen LogP contribution in [0.3, 0.4) is 0 Å². The lowest BCUT2D eigenvalue weighted by molar-refractivity contribution is 0.0943. The minimum Gasteiger partial charge on any atom is -0.485 e. The zero-order valence-electron chi connectivity index (χ0n) is 18.5. The Balaban J connectivity index is 1.40. The average molecular weight is 448 g/mol. The van der Waals surface area contributed by atoms with Gasteiger partial charge in [-0.1, -0.05) is 18.2 Å². The smallest absolute Gasteiger partial charge is 0.291 e. The second-order valence-corrected chi connectivity index (χ2v) is 7.56. The number of hydrogen-bond donors (Lipinski definition) is 2. The minimum atomic E-state index is -0.499. The van der Waals surface area contributed by atoms with E-state index in [0.717, 1.165) is 16.9 Å². The molecule has 33 heavy (non-hydrogen) atoms. The molecule has 0 aliphatic heterocycles. The molecule has 4 aromatic rings. The van der Waals surface area contributed by atoms with E-state index in [1.165, 1.54) is 10.9 Å². The van der Waals surface area contributed by atoms with E-state index >= 15 is 0 Å². The molecule has 0 fully saturated rings. The Morgan fingerprint density at radius 3 is 2.55 bits per heavy atom. The first kappa shape index (κ1) is 21.9. The molecule has 0 aliphatic carbocycles. The van der Waals surface area contributed by atoms with Crippen molar-refractivity contribution in [1.82, 2.24) is 15.1 Å². The van der Waals surface area contributed by atoms with Crippen LogP contribution < -0.4 is 15.4 Å². The van der Waals surface area contributed by atoms with Gasteiger partial charge in [0.15, 0.2) is 11.5 Å². The first-order valence-corrected chi connectivity index (χ1v) is 10.3. The van der Waals surface area contributed by atoms with Crippen molar-refractivity contribution in [3.63, 3.8) is 0 Å². The number of anilines is 1. The van der Waals surface area contributed by atoms with E-state index in [9.17, 15) is 9.59 Å². The van der Waals surface area contributed by atoms with Crippen molar-refractivity contribution in [3.05, 3.63) is 89.0 Å². The highest BCUT2D eigenvalue weighted by atomic mass is 16.5. The number of nitrogens with one attached hydrogen (secondary N) is 2. The van der Waals surface area contributed by atoms with E-state index in [1.54, 1.807) is 37.5 Å². The highest BCUT2D eigenvalue weighted by Gasteiger charge is 2.20. The molecule has 0 spiro atoms. The summed E-state index contributed by atoms with van der Waals surface area (Å²) in [6.07, 6.45) is 3.08. The molecule has 0 saturated carbocycles. The summed E-state index contributed by atoms with van der Waals surface area (Å²) in [7, 11) is 1.66. The van der Waals surface area contributed by atoms with Crippen molar-refractivity contribution in [1.29, 1.82) is 0 Å². The zero-order valence-corrected chi connectivity index (χ0v) is 18.5. The summed E-state index contributed by atoms with van der Waals surface area (Å²) < 4.78 is 18.2. The fourth-order valence-corrected chi connectivity index (χ4v) is 3.34. The van der Waals surface area contributed by atoms with Crippen LogP contribution in [0.4, 0.5) is 5.69 Å². The molecule has 0 atom stereocenters. The maximum atomic E-state index is 12.7. The molecular weight excluding hydrogens is 424 g/mol. The van der Waals surface area contributed by atoms with Gasteiger partial charge < -0.3 is 24.2 Å². The van der Waals surface area contributed by atoms with Crippen LogP contribution in [-0.4, -0.2) is 21.6 Å². The number of hydrogen-bond acceptors (Lipinski definition) is 6. The van der Waals surface area contributed by atoms with Gasteiger partial charge in [0, 0.05) is 13.2 Å². The normalized spacial score (nSPS) is 10.8. The topological polar surface area (TPSA) is 112 Å². The molecule has 1 aromatic carbocycles. The van der Waals surface area contributed by atoms with Crippen LogP contribution >= 0.6 is 0 Å². The van der Waals surface area contributed by atoms with Gasteiger partial charge >= 0.3 is 0 Å². The molecule has 9 nitrogen and oxygen atoms in total. The maximum Gasteiger partial charge on any atom is 0.291 e. The number of rotatable bonds is 8. The van der Waals surface area contributed by atoms with Gasteiger partial charge in [-0.05, 0) is 49.2 Å². The number of amides is 2. The summed E-state index contributed by atoms with van der Waals surface area (Å²) in [6.45, 7) is 4.34. The molecule has 0 unspecified atom stereocenters. The van der Waals surface area contributed by atoms with E-state index < -0.39 is 11.8 Å². The summed E-state index contributed by atoms with van der Waals surface area (Å²) in [5.74, 6) is 1.06. The Morgan fingerprint density at radius 2 is 1.82 bits per heavy atom. The van der Waals surface area contributed by atoms with E-state index in [2.05, 4.69) is 15.7 Å². The lowest BCUT2D eigenvalue weighted by Gasteiger charge is -2.10. The molecule has 3 aromatic heterocycles. The van der Waals surface area contributed by atoms with Crippen LogP contribution in [0.5, 0.6) is 5.75 Å². The van der Waals surface area contributed by atoms with Crippen LogP contribution in [0.15, 0.2) is 63.8 Å². The van der Waals surface area contributed by atoms with Gasteiger partial charge in [0.25, 0.3) is 11.8 Å². The molecule has 2 amide bonds. The van der Waals surface area contributed by atoms with Gasteiger partial charge in [-0.25, -0.2) is 0 Å². The Hall–Kier alpha value is -4.27. The Morgan fingerprint density at radius 1 is 1.03 bits per heavy atom. The van der Waals surface area contributed by atoms with Gasteiger partial charge in [0.1, 0.15) is 23.9 Å². The van der Waals surface area contributed by atoms with Crippen molar-refractivity contribution in [2.75, 3.05) is 5.32 Å². The van der Waals surface area contributed by atoms with Crippen LogP contribution in [0.25, 0.3) is 0 Å². The highest BCUT2D eigenvalue weighted by Crippen LogP contribution is 2.24. The highest BCUT2D eigenvalue weighted by molar-refractivity contribution is 6.07. The fourth-order valence-electron chi connectivity index (χ4n) is 3.34. The molecular formula is C24H24N4O5. The lowest BCUT2D eigenvalue weighted by Crippen LogP contribution is -2.25. The standard InChI is InChI=1S/C24H24N4O5/c1-15-6-4-7-16(2)22(15)32-14-18-9-10-20(33-18)23(29)26-19-13-28(3)27-21(19)24(30)25-12-17-8-5-11-31-17/h4-11,13H,12,14H2,1-3H3,(H,25,30)(H,26,29). The molecule has 9 heteroatoms. The first-order valence-electron chi connectivity index (χ1n) is 10.3. The van der Waals surface area contributed by atoms with E-state index in [4.69, 9.17) is 13.6 Å². The number of aryl methyl sites for hydroxylation is 3. The number of furan rings is 2. The van der Waals surface area contributed by atoms with Crippen LogP contribution in [-0.2, 0) is 20.2 Å². The van der Waals surface area contributed by atoms with Crippen molar-refractivity contribution in [2.45, 2.75) is 27.0 Å². The molecule has 4 rings (SSSR count). The molecule has 0 saturated heterocycles. The number of carbonyl (C=O) groups is 2. The van der Waals surface area contributed by atoms with Gasteiger partial charge in [0.2, 0.25) is 0 Å². The average Bonchev–Trinajstić information content (AvgIpc) is 3.53. The van der Waals surface area contributed by atoms with Gasteiger partial charge in [-0.2, -0.15) is 5.10 Å². The van der Waals surface area contributed by atoms with Crippen molar-refractivity contribution in [3.8, 4) is 5.75 Å². The van der Waals surface area contributed by atoms with Crippen molar-refractivity contribution >= 4 is 17.5 Å². The molecule has 170 valence electrons. The number of nitrogens with zero attached hydrogens (tertiary/aromatic N) is 2. The Kier molecular flexibility index (Phi) is 6.30. The van der Waals surface area contributed by atoms with Crippen molar-refractivity contribution < 1.29 is 23.2 Å². The van der Waals surface area contributed by atoms with Gasteiger partial charge in [0.05, 0.1) is 18.5 Å². The lowest BCUT2D eigenvalue weighted by atomic mass is 10.1. The molecule has 0 aliphatic rings. The van der Waals surface area contributed by atoms with E-state index in [0.29, 0.717) is 11.5 Å². The SMILES string of the molecule is Cc1cccc(C)c1OCc1ccc(C(=O)Nc2cn(C)nc2C(=O)NCc2ccco2)o1. The number of para-hydroxylation sites is 1. The number of aromatic nitrogens is 2. The Bertz CT molecular complexity index is 1250. The second kappa shape index (κ2) is 9.47. The zero-order chi connectivity index (χ0) is 23.4. The summed E-state index contributed by atoms with van der Waals surface area (Å²) >= 11 is 0. The van der Waals surface area contributed by atoms with E-state index in [1.807, 2.05) is 32.0 Å². The monoisotopic (exact) mass is 448 g/mol. The number of benzene rings is 1. The van der Waals surface area contributed by atoms with Crippen LogP contribution in [0.2, 0.25) is 0 Å². The van der Waals surface area contributed by atoms with E-state index in [-0.39, 0.29) is 30.3 Å². The third-order valence-corrected chi connectivity index (χ3v) is 4.95. The summed E-state index contributed by atoms with van der Waals surface area (Å²) in [5.41, 5.74) is 2.40.